The monoisotopic (exact) mass is 407 g/mol. The Labute approximate surface area is 170 Å². The Morgan fingerprint density at radius 3 is 2.48 bits per heavy atom. The number of aromatic nitrogens is 2. The van der Waals surface area contributed by atoms with Crippen molar-refractivity contribution in [2.24, 2.45) is 0 Å². The number of hydrogen-bond acceptors (Lipinski definition) is 5. The van der Waals surface area contributed by atoms with Crippen molar-refractivity contribution in [1.82, 2.24) is 9.97 Å². The molecule has 0 saturated carbocycles. The van der Waals surface area contributed by atoms with Crippen LogP contribution in [0.1, 0.15) is 26.6 Å². The molecule has 0 amide bonds. The first kappa shape index (κ1) is 19.0. The van der Waals surface area contributed by atoms with E-state index in [1.807, 2.05) is 20.8 Å². The number of nitrogens with zero attached hydrogens (tertiary/aromatic N) is 2. The van der Waals surface area contributed by atoms with E-state index in [2.05, 4.69) is 15.3 Å². The van der Waals surface area contributed by atoms with Crippen LogP contribution in [0.2, 0.25) is 0 Å². The molecule has 2 aromatic heterocycles. The third kappa shape index (κ3) is 3.56. The summed E-state index contributed by atoms with van der Waals surface area (Å²) in [6, 6.07) is 11.3. The number of benzene rings is 2. The van der Waals surface area contributed by atoms with Crippen LogP contribution < -0.4 is 5.32 Å². The molecule has 0 aliphatic heterocycles. The van der Waals surface area contributed by atoms with Gasteiger partial charge in [-0.3, -0.25) is 0 Å². The zero-order valence-corrected chi connectivity index (χ0v) is 16.9. The Kier molecular flexibility index (Phi) is 4.76. The van der Waals surface area contributed by atoms with E-state index in [1.54, 1.807) is 41.7 Å². The molecule has 0 aliphatic rings. The molecule has 2 N–H and O–H groups in total. The number of nitrogens with one attached hydrogen (secondary N) is 1. The van der Waals surface area contributed by atoms with Crippen LogP contribution in [0.15, 0.2) is 42.5 Å². The molecule has 0 saturated heterocycles. The lowest BCUT2D eigenvalue weighted by Gasteiger charge is -2.13. The summed E-state index contributed by atoms with van der Waals surface area (Å²) in [7, 11) is 0. The van der Waals surface area contributed by atoms with Gasteiger partial charge in [-0.15, -0.1) is 11.3 Å². The van der Waals surface area contributed by atoms with Gasteiger partial charge in [-0.1, -0.05) is 18.2 Å². The van der Waals surface area contributed by atoms with E-state index in [0.717, 1.165) is 31.8 Å². The normalized spacial score (nSPS) is 11.0. The summed E-state index contributed by atoms with van der Waals surface area (Å²) in [6.45, 7) is 5.72. The van der Waals surface area contributed by atoms with Crippen molar-refractivity contribution < 1.29 is 14.3 Å². The molecule has 0 unspecified atom stereocenters. The number of aromatic carboxylic acids is 1. The number of fused-ring (bicyclic) bond motifs is 1. The molecular formula is C22H18FN3O2S. The van der Waals surface area contributed by atoms with Gasteiger partial charge < -0.3 is 10.4 Å². The van der Waals surface area contributed by atoms with E-state index in [0.29, 0.717) is 17.3 Å². The average Bonchev–Trinajstić information content (AvgIpc) is 2.99. The molecule has 0 fully saturated rings. The van der Waals surface area contributed by atoms with Crippen molar-refractivity contribution in [2.45, 2.75) is 20.8 Å². The second-order valence-corrected chi connectivity index (χ2v) is 8.00. The molecule has 0 radical (unpaired) electrons. The number of aryl methyl sites for hydroxylation is 3. The number of anilines is 2. The summed E-state index contributed by atoms with van der Waals surface area (Å²) in [5, 5.41) is 13.5. The minimum absolute atomic E-state index is 0.195. The van der Waals surface area contributed by atoms with Gasteiger partial charge in [0.1, 0.15) is 22.3 Å². The Bertz CT molecular complexity index is 1250. The summed E-state index contributed by atoms with van der Waals surface area (Å²) in [6.07, 6.45) is 0. The van der Waals surface area contributed by atoms with E-state index < -0.39 is 5.97 Å². The molecule has 146 valence electrons. The predicted molar refractivity (Wildman–Crippen MR) is 114 cm³/mol. The lowest BCUT2D eigenvalue weighted by atomic mass is 10.0. The van der Waals surface area contributed by atoms with E-state index in [-0.39, 0.29) is 11.4 Å². The van der Waals surface area contributed by atoms with Gasteiger partial charge >= 0.3 is 5.97 Å². The molecule has 0 aliphatic carbocycles. The number of halogens is 1. The number of hydrogen-bond donors (Lipinski definition) is 2. The first-order chi connectivity index (χ1) is 13.8. The summed E-state index contributed by atoms with van der Waals surface area (Å²) < 4.78 is 13.4. The second-order valence-electron chi connectivity index (χ2n) is 6.80. The van der Waals surface area contributed by atoms with Gasteiger partial charge in [0.25, 0.3) is 0 Å². The number of rotatable bonds is 4. The number of carbonyl (C=O) groups is 1. The Balaban J connectivity index is 1.92. The van der Waals surface area contributed by atoms with E-state index in [1.165, 1.54) is 12.1 Å². The maximum absolute atomic E-state index is 13.4. The van der Waals surface area contributed by atoms with Gasteiger partial charge in [0.15, 0.2) is 0 Å². The maximum Gasteiger partial charge on any atom is 0.335 e. The van der Waals surface area contributed by atoms with E-state index >= 15 is 0 Å². The number of thiophene rings is 1. The molecule has 4 aromatic rings. The fourth-order valence-electron chi connectivity index (χ4n) is 3.29. The highest BCUT2D eigenvalue weighted by Crippen LogP contribution is 2.41. The summed E-state index contributed by atoms with van der Waals surface area (Å²) in [5.41, 5.74) is 3.58. The topological polar surface area (TPSA) is 75.1 Å². The summed E-state index contributed by atoms with van der Waals surface area (Å²) in [5.74, 6) is -0.0753. The fraction of sp³-hybridized carbons (Fsp3) is 0.136. The second kappa shape index (κ2) is 7.25. The van der Waals surface area contributed by atoms with Gasteiger partial charge in [-0.05, 0) is 56.2 Å². The first-order valence-electron chi connectivity index (χ1n) is 8.98. The zero-order chi connectivity index (χ0) is 20.7. The molecule has 7 heteroatoms. The predicted octanol–water partition coefficient (Wildman–Crippen LogP) is 5.86. The van der Waals surface area contributed by atoms with Crippen molar-refractivity contribution >= 4 is 39.0 Å². The smallest absolute Gasteiger partial charge is 0.335 e. The van der Waals surface area contributed by atoms with Gasteiger partial charge in [-0.2, -0.15) is 0 Å². The van der Waals surface area contributed by atoms with Crippen molar-refractivity contribution in [3.05, 3.63) is 70.1 Å². The molecule has 0 atom stereocenters. The SMILES string of the molecule is Cc1nc(Nc2cc(C(=O)O)ccc2C)c2c(-c3ccc(F)cc3)c(C)sc2n1. The highest BCUT2D eigenvalue weighted by molar-refractivity contribution is 7.19. The quantitative estimate of drug-likeness (QED) is 0.443. The molecule has 0 bridgehead atoms. The Morgan fingerprint density at radius 1 is 1.07 bits per heavy atom. The minimum Gasteiger partial charge on any atom is -0.478 e. The van der Waals surface area contributed by atoms with Crippen LogP contribution in [0.3, 0.4) is 0 Å². The van der Waals surface area contributed by atoms with Crippen molar-refractivity contribution in [3.63, 3.8) is 0 Å². The fourth-order valence-corrected chi connectivity index (χ4v) is 4.38. The maximum atomic E-state index is 13.4. The first-order valence-corrected chi connectivity index (χ1v) is 9.80. The lowest BCUT2D eigenvalue weighted by Crippen LogP contribution is -2.02. The van der Waals surface area contributed by atoms with Crippen LogP contribution in [-0.2, 0) is 0 Å². The number of carboxylic acids is 1. The third-order valence-electron chi connectivity index (χ3n) is 4.71. The molecule has 4 rings (SSSR count). The van der Waals surface area contributed by atoms with Crippen LogP contribution in [0.4, 0.5) is 15.9 Å². The van der Waals surface area contributed by atoms with Crippen LogP contribution in [0.25, 0.3) is 21.3 Å². The summed E-state index contributed by atoms with van der Waals surface area (Å²) in [4.78, 5) is 22.4. The van der Waals surface area contributed by atoms with Gasteiger partial charge in [0.2, 0.25) is 0 Å². The standard InChI is InChI=1S/C22H18FN3O2S/c1-11-4-5-15(22(27)28)10-17(11)26-20-19-18(14-6-8-16(23)9-7-14)12(2)29-21(19)25-13(3)24-20/h4-10H,1-3H3,(H,27,28)(H,24,25,26). The van der Waals surface area contributed by atoms with Crippen molar-refractivity contribution in [3.8, 4) is 11.1 Å². The van der Waals surface area contributed by atoms with Crippen molar-refractivity contribution in [1.29, 1.82) is 0 Å². The van der Waals surface area contributed by atoms with Crippen LogP contribution in [0.5, 0.6) is 0 Å². The molecule has 2 aromatic carbocycles. The van der Waals surface area contributed by atoms with E-state index in [9.17, 15) is 14.3 Å². The molecule has 5 nitrogen and oxygen atoms in total. The Morgan fingerprint density at radius 2 is 1.79 bits per heavy atom. The largest absolute Gasteiger partial charge is 0.478 e. The molecular weight excluding hydrogens is 389 g/mol. The van der Waals surface area contributed by atoms with Gasteiger partial charge in [0, 0.05) is 16.1 Å². The van der Waals surface area contributed by atoms with Gasteiger partial charge in [0.05, 0.1) is 10.9 Å². The minimum atomic E-state index is -0.990. The highest BCUT2D eigenvalue weighted by Gasteiger charge is 2.19. The highest BCUT2D eigenvalue weighted by atomic mass is 32.1. The van der Waals surface area contributed by atoms with Crippen LogP contribution >= 0.6 is 11.3 Å². The van der Waals surface area contributed by atoms with Crippen LogP contribution in [-0.4, -0.2) is 21.0 Å². The molecule has 0 spiro atoms. The number of carboxylic acid groups (broad SMARTS) is 1. The average molecular weight is 407 g/mol. The van der Waals surface area contributed by atoms with E-state index in [4.69, 9.17) is 0 Å². The Hall–Kier alpha value is -3.32. The van der Waals surface area contributed by atoms with Crippen molar-refractivity contribution in [2.75, 3.05) is 5.32 Å². The molecule has 29 heavy (non-hydrogen) atoms. The molecule has 2 heterocycles. The van der Waals surface area contributed by atoms with Gasteiger partial charge in [-0.25, -0.2) is 19.2 Å². The zero-order valence-electron chi connectivity index (χ0n) is 16.1. The lowest BCUT2D eigenvalue weighted by molar-refractivity contribution is 0.0697. The third-order valence-corrected chi connectivity index (χ3v) is 5.71. The summed E-state index contributed by atoms with van der Waals surface area (Å²) >= 11 is 1.55. The van der Waals surface area contributed by atoms with Crippen LogP contribution in [0, 0.1) is 26.6 Å².